The highest BCUT2D eigenvalue weighted by molar-refractivity contribution is 7.91. The first-order valence-corrected chi connectivity index (χ1v) is 21.7. The molecule has 0 aromatic heterocycles. The van der Waals surface area contributed by atoms with Crippen LogP contribution in [0, 0.1) is 17.3 Å². The molecular weight excluding hydrogens is 739 g/mol. The van der Waals surface area contributed by atoms with Crippen molar-refractivity contribution in [3.8, 4) is 0 Å². The lowest BCUT2D eigenvalue weighted by atomic mass is 9.83. The molecule has 3 heterocycles. The Morgan fingerprint density at radius 3 is 2.54 bits per heavy atom. The number of hydrogen-bond acceptors (Lipinski definition) is 9. The first-order chi connectivity index (χ1) is 26.7. The zero-order valence-corrected chi connectivity index (χ0v) is 33.2. The molecule has 5 amide bonds. The molecule has 4 bridgehead atoms. The minimum atomic E-state index is -3.90. The average molecular weight is 794 g/mol. The number of sulfonamides is 1. The molecule has 56 heavy (non-hydrogen) atoms. The SMILES string of the molecule is C=C[C@H]1C[C@]1(NC(=O)[C@@H]1C[C@@H]2CN1C(=O)[C@H](C1CCCCC1)NC(=O)OCC(C)(C)CC/C=C/c1cccc3c1CN(C3)C(=O)CO2)C(=O)NS(=O)(=O)C1CC1. The van der Waals surface area contributed by atoms with Crippen molar-refractivity contribution in [1.82, 2.24) is 25.2 Å². The van der Waals surface area contributed by atoms with Crippen molar-refractivity contribution in [3.63, 3.8) is 0 Å². The molecule has 6 aliphatic rings. The lowest BCUT2D eigenvalue weighted by Crippen LogP contribution is -2.59. The van der Waals surface area contributed by atoms with E-state index in [9.17, 15) is 32.4 Å². The van der Waals surface area contributed by atoms with Crippen LogP contribution in [0.3, 0.4) is 0 Å². The van der Waals surface area contributed by atoms with E-state index in [1.807, 2.05) is 32.0 Å². The summed E-state index contributed by atoms with van der Waals surface area (Å²) in [5.74, 6) is -2.92. The maximum atomic E-state index is 14.7. The minimum absolute atomic E-state index is 0.0207. The number of allylic oxidation sites excluding steroid dienone is 1. The summed E-state index contributed by atoms with van der Waals surface area (Å²) in [6.07, 6.45) is 11.0. The Kier molecular flexibility index (Phi) is 11.4. The fourth-order valence-corrected chi connectivity index (χ4v) is 10.1. The van der Waals surface area contributed by atoms with Gasteiger partial charge in [-0.1, -0.05) is 69.5 Å². The van der Waals surface area contributed by atoms with Gasteiger partial charge in [0.25, 0.3) is 5.91 Å². The normalized spacial score (nSPS) is 30.7. The van der Waals surface area contributed by atoms with Gasteiger partial charge >= 0.3 is 6.09 Å². The Hall–Kier alpha value is -4.24. The third-order valence-corrected chi connectivity index (χ3v) is 14.3. The molecule has 14 nitrogen and oxygen atoms in total. The van der Waals surface area contributed by atoms with Crippen molar-refractivity contribution in [3.05, 3.63) is 53.6 Å². The van der Waals surface area contributed by atoms with E-state index in [0.29, 0.717) is 38.8 Å². The van der Waals surface area contributed by atoms with Gasteiger partial charge in [-0.15, -0.1) is 6.58 Å². The van der Waals surface area contributed by atoms with E-state index in [-0.39, 0.29) is 49.8 Å². The number of ether oxygens (including phenoxy) is 2. The molecule has 304 valence electrons. The molecule has 1 saturated heterocycles. The van der Waals surface area contributed by atoms with Gasteiger partial charge in [-0.3, -0.25) is 23.9 Å². The molecule has 15 heteroatoms. The molecule has 0 unspecified atom stereocenters. The fourth-order valence-electron chi connectivity index (χ4n) is 8.70. The molecule has 0 spiro atoms. The quantitative estimate of drug-likeness (QED) is 0.347. The number of nitrogens with one attached hydrogen (secondary N) is 3. The van der Waals surface area contributed by atoms with Crippen LogP contribution in [0.4, 0.5) is 4.79 Å². The molecule has 1 aromatic rings. The van der Waals surface area contributed by atoms with Crippen LogP contribution in [-0.2, 0) is 51.8 Å². The van der Waals surface area contributed by atoms with Gasteiger partial charge in [0, 0.05) is 32.0 Å². The number of fused-ring (bicyclic) bond motifs is 3. The van der Waals surface area contributed by atoms with Crippen LogP contribution in [0.1, 0.15) is 101 Å². The van der Waals surface area contributed by atoms with Crippen LogP contribution in [0.5, 0.6) is 0 Å². The van der Waals surface area contributed by atoms with E-state index < -0.39 is 68.7 Å². The topological polar surface area (TPSA) is 181 Å². The summed E-state index contributed by atoms with van der Waals surface area (Å²) in [5.41, 5.74) is 1.26. The number of rotatable bonds is 7. The second kappa shape index (κ2) is 16.0. The van der Waals surface area contributed by atoms with Gasteiger partial charge in [0.2, 0.25) is 27.7 Å². The molecule has 4 fully saturated rings. The molecule has 3 aliphatic carbocycles. The van der Waals surface area contributed by atoms with E-state index in [1.165, 1.54) is 11.0 Å². The van der Waals surface area contributed by atoms with Crippen molar-refractivity contribution in [2.75, 3.05) is 19.8 Å². The molecular formula is C41H55N5O9S. The zero-order chi connectivity index (χ0) is 39.8. The summed E-state index contributed by atoms with van der Waals surface area (Å²) in [4.78, 5) is 72.8. The standard InChI is InChI=1S/C41H55N5O9S/c1-4-29-20-41(29,38(50)44-56(52,53)31-16-17-31)43-36(48)33-19-30-22-46(33)37(49)35(27-12-6-5-7-13-27)42-39(51)55-25-40(2,3)18-9-8-11-26-14-10-15-28-21-45(23-32(26)28)34(47)24-54-30/h4,8,10-11,14-15,27,29-31,33,35H,1,5-7,9,12-13,16-25H2,2-3H3,(H,42,51)(H,43,48)(H,44,50)/b11-8+/t29-,30+,33-,35-,41+/m0/s1. The van der Waals surface area contributed by atoms with Crippen LogP contribution >= 0.6 is 0 Å². The van der Waals surface area contributed by atoms with Crippen molar-refractivity contribution in [2.24, 2.45) is 17.3 Å². The number of carbonyl (C=O) groups excluding carboxylic acids is 5. The fraction of sp³-hybridized carbons (Fsp3) is 0.634. The highest BCUT2D eigenvalue weighted by atomic mass is 32.2. The van der Waals surface area contributed by atoms with Crippen LogP contribution in [0.25, 0.3) is 6.08 Å². The van der Waals surface area contributed by atoms with E-state index in [1.54, 1.807) is 4.90 Å². The highest BCUT2D eigenvalue weighted by Crippen LogP contribution is 2.45. The first-order valence-electron chi connectivity index (χ1n) is 20.1. The van der Waals surface area contributed by atoms with Gasteiger partial charge < -0.3 is 29.9 Å². The van der Waals surface area contributed by atoms with Gasteiger partial charge in [-0.05, 0) is 73.0 Å². The van der Waals surface area contributed by atoms with Gasteiger partial charge in [-0.25, -0.2) is 13.2 Å². The minimum Gasteiger partial charge on any atom is -0.449 e. The summed E-state index contributed by atoms with van der Waals surface area (Å²) >= 11 is 0. The number of benzene rings is 1. The molecule has 3 saturated carbocycles. The number of amides is 5. The summed E-state index contributed by atoms with van der Waals surface area (Å²) in [7, 11) is -3.90. The summed E-state index contributed by atoms with van der Waals surface area (Å²) in [6.45, 7) is 8.53. The maximum Gasteiger partial charge on any atom is 0.407 e. The number of hydrogen-bond donors (Lipinski definition) is 3. The van der Waals surface area contributed by atoms with Crippen LogP contribution < -0.4 is 15.4 Å². The van der Waals surface area contributed by atoms with E-state index in [0.717, 1.165) is 48.8 Å². The van der Waals surface area contributed by atoms with Gasteiger partial charge in [0.05, 0.1) is 18.0 Å². The van der Waals surface area contributed by atoms with E-state index in [2.05, 4.69) is 34.1 Å². The Morgan fingerprint density at radius 2 is 1.82 bits per heavy atom. The lowest BCUT2D eigenvalue weighted by Gasteiger charge is -2.35. The second-order valence-electron chi connectivity index (χ2n) is 17.3. The van der Waals surface area contributed by atoms with E-state index in [4.69, 9.17) is 9.47 Å². The van der Waals surface area contributed by atoms with Gasteiger partial charge in [0.15, 0.2) is 0 Å². The highest BCUT2D eigenvalue weighted by Gasteiger charge is 2.62. The van der Waals surface area contributed by atoms with Crippen LogP contribution in [0.2, 0.25) is 0 Å². The number of cyclic esters (lactones) is 1. The van der Waals surface area contributed by atoms with Crippen molar-refractivity contribution in [2.45, 2.75) is 127 Å². The predicted molar refractivity (Wildman–Crippen MR) is 207 cm³/mol. The van der Waals surface area contributed by atoms with E-state index >= 15 is 0 Å². The Bertz CT molecular complexity index is 1890. The molecule has 7 rings (SSSR count). The number of alkyl carbamates (subject to hydrolysis) is 1. The van der Waals surface area contributed by atoms with Gasteiger partial charge in [-0.2, -0.15) is 0 Å². The monoisotopic (exact) mass is 793 g/mol. The number of carbonyl (C=O) groups is 5. The second-order valence-corrected chi connectivity index (χ2v) is 19.3. The van der Waals surface area contributed by atoms with Gasteiger partial charge in [0.1, 0.15) is 24.2 Å². The largest absolute Gasteiger partial charge is 0.449 e. The van der Waals surface area contributed by atoms with Crippen molar-refractivity contribution < 1.29 is 41.9 Å². The van der Waals surface area contributed by atoms with Crippen LogP contribution in [-0.4, -0.2) is 96.7 Å². The summed E-state index contributed by atoms with van der Waals surface area (Å²) < 4.78 is 39.6. The number of nitrogens with zero attached hydrogens (tertiary/aromatic N) is 2. The maximum absolute atomic E-state index is 14.7. The third-order valence-electron chi connectivity index (χ3n) is 12.5. The average Bonchev–Trinajstić information content (AvgIpc) is 4.07. The Labute approximate surface area is 329 Å². The molecule has 0 radical (unpaired) electrons. The summed E-state index contributed by atoms with van der Waals surface area (Å²) in [6, 6.07) is 3.90. The first kappa shape index (κ1) is 40.0. The Balaban J connectivity index is 1.16. The van der Waals surface area contributed by atoms with Crippen molar-refractivity contribution in [1.29, 1.82) is 0 Å². The van der Waals surface area contributed by atoms with Crippen molar-refractivity contribution >= 4 is 45.8 Å². The molecule has 1 aromatic carbocycles. The molecule has 3 N–H and O–H groups in total. The Morgan fingerprint density at radius 1 is 1.05 bits per heavy atom. The summed E-state index contributed by atoms with van der Waals surface area (Å²) in [5, 5.41) is 5.04. The predicted octanol–water partition coefficient (Wildman–Crippen LogP) is 3.69. The molecule has 3 aliphatic heterocycles. The molecule has 5 atom stereocenters. The smallest absolute Gasteiger partial charge is 0.407 e. The van der Waals surface area contributed by atoms with Crippen LogP contribution in [0.15, 0.2) is 36.9 Å². The third kappa shape index (κ3) is 8.68. The lowest BCUT2D eigenvalue weighted by molar-refractivity contribution is -0.142. The zero-order valence-electron chi connectivity index (χ0n) is 32.4.